The lowest BCUT2D eigenvalue weighted by atomic mass is 9.93. The molecule has 3 heterocycles. The zero-order valence-electron chi connectivity index (χ0n) is 15.4. The number of carbonyl (C=O) groups excluding carboxylic acids is 2. The van der Waals surface area contributed by atoms with Crippen molar-refractivity contribution in [3.8, 4) is 6.07 Å². The normalized spacial score (nSPS) is 15.1. The predicted molar refractivity (Wildman–Crippen MR) is 103 cm³/mol. The van der Waals surface area contributed by atoms with Gasteiger partial charge in [0.05, 0.1) is 24.4 Å². The molecular formula is C22H19N3O3. The standard InChI is InChI=1S/C22H19N3O3/c23-9-6-22(27)25-10-7-15(8-11-25)18-13-16(24-19-4-1-3-17(18)19)14-20(26)21-5-2-12-28-21/h1-3,5,7,12-13H,4,6,8,10-11,14H2. The molecule has 2 aliphatic rings. The summed E-state index contributed by atoms with van der Waals surface area (Å²) in [4.78, 5) is 30.7. The number of carbonyl (C=O) groups is 2. The number of rotatable bonds is 5. The van der Waals surface area contributed by atoms with Crippen LogP contribution in [-0.4, -0.2) is 34.7 Å². The predicted octanol–water partition coefficient (Wildman–Crippen LogP) is 3.20. The highest BCUT2D eigenvalue weighted by molar-refractivity contribution is 5.95. The van der Waals surface area contributed by atoms with Gasteiger partial charge in [-0.05, 0) is 35.8 Å². The Morgan fingerprint density at radius 3 is 2.96 bits per heavy atom. The summed E-state index contributed by atoms with van der Waals surface area (Å²) in [6.45, 7) is 1.09. The summed E-state index contributed by atoms with van der Waals surface area (Å²) in [5, 5.41) is 8.71. The molecule has 6 nitrogen and oxygen atoms in total. The Bertz CT molecular complexity index is 1030. The molecule has 1 aliphatic carbocycles. The molecule has 0 aromatic carbocycles. The summed E-state index contributed by atoms with van der Waals surface area (Å²) >= 11 is 0. The molecule has 0 unspecified atom stereocenters. The lowest BCUT2D eigenvalue weighted by Crippen LogP contribution is -2.34. The first-order chi connectivity index (χ1) is 13.7. The molecule has 140 valence electrons. The van der Waals surface area contributed by atoms with Crippen molar-refractivity contribution in [2.24, 2.45) is 0 Å². The molecule has 1 aliphatic heterocycles. The molecule has 0 saturated heterocycles. The van der Waals surface area contributed by atoms with E-state index >= 15 is 0 Å². The van der Waals surface area contributed by atoms with Gasteiger partial charge in [-0.25, -0.2) is 0 Å². The van der Waals surface area contributed by atoms with Crippen molar-refractivity contribution in [1.82, 2.24) is 9.88 Å². The number of ketones is 1. The van der Waals surface area contributed by atoms with Crippen LogP contribution < -0.4 is 0 Å². The Labute approximate surface area is 162 Å². The van der Waals surface area contributed by atoms with E-state index in [1.807, 2.05) is 18.2 Å². The highest BCUT2D eigenvalue weighted by Gasteiger charge is 2.22. The smallest absolute Gasteiger partial charge is 0.237 e. The maximum absolute atomic E-state index is 12.4. The lowest BCUT2D eigenvalue weighted by molar-refractivity contribution is -0.129. The zero-order chi connectivity index (χ0) is 19.5. The number of pyridine rings is 1. The highest BCUT2D eigenvalue weighted by Crippen LogP contribution is 2.32. The molecule has 0 spiro atoms. The van der Waals surface area contributed by atoms with Crippen LogP contribution in [0, 0.1) is 11.3 Å². The van der Waals surface area contributed by atoms with E-state index in [1.165, 1.54) is 6.26 Å². The molecule has 0 fully saturated rings. The summed E-state index contributed by atoms with van der Waals surface area (Å²) in [7, 11) is 0. The molecule has 0 N–H and O–H groups in total. The summed E-state index contributed by atoms with van der Waals surface area (Å²) < 4.78 is 5.20. The van der Waals surface area contributed by atoms with E-state index in [0.29, 0.717) is 25.3 Å². The van der Waals surface area contributed by atoms with E-state index in [9.17, 15) is 9.59 Å². The minimum absolute atomic E-state index is 0.0877. The number of fused-ring (bicyclic) bond motifs is 1. The average molecular weight is 373 g/mol. The summed E-state index contributed by atoms with van der Waals surface area (Å²) in [5.74, 6) is 0.105. The van der Waals surface area contributed by atoms with Gasteiger partial charge >= 0.3 is 0 Å². The highest BCUT2D eigenvalue weighted by atomic mass is 16.3. The molecule has 0 atom stereocenters. The quantitative estimate of drug-likeness (QED) is 0.751. The molecule has 28 heavy (non-hydrogen) atoms. The largest absolute Gasteiger partial charge is 0.461 e. The Morgan fingerprint density at radius 1 is 1.36 bits per heavy atom. The summed E-state index contributed by atoms with van der Waals surface area (Å²) in [6.07, 6.45) is 9.25. The molecule has 0 bridgehead atoms. The Balaban J connectivity index is 1.60. The number of furan rings is 1. The first-order valence-electron chi connectivity index (χ1n) is 9.26. The molecule has 0 radical (unpaired) electrons. The molecule has 6 heteroatoms. The number of hydrogen-bond donors (Lipinski definition) is 0. The molecule has 4 rings (SSSR count). The van der Waals surface area contributed by atoms with Gasteiger partial charge in [0.15, 0.2) is 5.76 Å². The van der Waals surface area contributed by atoms with Gasteiger partial charge < -0.3 is 9.32 Å². The van der Waals surface area contributed by atoms with Crippen LogP contribution in [0.4, 0.5) is 0 Å². The van der Waals surface area contributed by atoms with Crippen LogP contribution >= 0.6 is 0 Å². The van der Waals surface area contributed by atoms with Gasteiger partial charge in [-0.3, -0.25) is 14.6 Å². The number of Topliss-reactive ketones (excluding diaryl/α,β-unsaturated/α-hetero) is 1. The van der Waals surface area contributed by atoms with Gasteiger partial charge in [-0.1, -0.05) is 18.2 Å². The second-order valence-corrected chi connectivity index (χ2v) is 6.86. The van der Waals surface area contributed by atoms with Crippen LogP contribution in [0.2, 0.25) is 0 Å². The third-order valence-electron chi connectivity index (χ3n) is 5.06. The minimum atomic E-state index is -0.137. The fraction of sp³-hybridized carbons (Fsp3) is 0.273. The Morgan fingerprint density at radius 2 is 2.25 bits per heavy atom. The van der Waals surface area contributed by atoms with Crippen LogP contribution in [0.3, 0.4) is 0 Å². The second kappa shape index (κ2) is 7.65. The zero-order valence-corrected chi connectivity index (χ0v) is 15.4. The van der Waals surface area contributed by atoms with Crippen LogP contribution in [0.5, 0.6) is 0 Å². The fourth-order valence-corrected chi connectivity index (χ4v) is 3.66. The van der Waals surface area contributed by atoms with Gasteiger partial charge in [0.1, 0.15) is 6.42 Å². The number of nitriles is 1. The SMILES string of the molecule is N#CCC(=O)N1CC=C(c2cc(CC(=O)c3ccco3)nc3c2C=CC3)CC1. The van der Waals surface area contributed by atoms with Gasteiger partial charge in [-0.2, -0.15) is 5.26 Å². The van der Waals surface area contributed by atoms with Gasteiger partial charge in [0.25, 0.3) is 0 Å². The maximum atomic E-state index is 12.4. The first kappa shape index (κ1) is 17.9. The van der Waals surface area contributed by atoms with Crippen molar-refractivity contribution in [3.05, 3.63) is 64.9 Å². The number of aromatic nitrogens is 1. The van der Waals surface area contributed by atoms with Crippen molar-refractivity contribution >= 4 is 23.3 Å². The van der Waals surface area contributed by atoms with E-state index in [4.69, 9.17) is 9.68 Å². The number of allylic oxidation sites excluding steroid dienone is 1. The Kier molecular flexibility index (Phi) is 4.90. The number of amides is 1. The van der Waals surface area contributed by atoms with E-state index in [1.54, 1.807) is 17.0 Å². The monoisotopic (exact) mass is 373 g/mol. The van der Waals surface area contributed by atoms with Crippen LogP contribution in [-0.2, 0) is 17.6 Å². The third kappa shape index (κ3) is 3.52. The van der Waals surface area contributed by atoms with Crippen LogP contribution in [0.15, 0.2) is 41.0 Å². The average Bonchev–Trinajstić information content (AvgIpc) is 3.39. The Hall–Kier alpha value is -3.46. The fourth-order valence-electron chi connectivity index (χ4n) is 3.66. The lowest BCUT2D eigenvalue weighted by Gasteiger charge is -2.26. The van der Waals surface area contributed by atoms with Crippen LogP contribution in [0.1, 0.15) is 45.9 Å². The van der Waals surface area contributed by atoms with Crippen molar-refractivity contribution in [2.45, 2.75) is 25.7 Å². The summed E-state index contributed by atoms with van der Waals surface area (Å²) in [5.41, 5.74) is 5.02. The number of hydrogen-bond acceptors (Lipinski definition) is 5. The van der Waals surface area contributed by atoms with Gasteiger partial charge in [-0.15, -0.1) is 0 Å². The molecule has 0 saturated carbocycles. The third-order valence-corrected chi connectivity index (χ3v) is 5.06. The van der Waals surface area contributed by atoms with Crippen molar-refractivity contribution in [1.29, 1.82) is 5.26 Å². The topological polar surface area (TPSA) is 87.2 Å². The van der Waals surface area contributed by atoms with Crippen molar-refractivity contribution < 1.29 is 14.0 Å². The minimum Gasteiger partial charge on any atom is -0.461 e. The summed E-state index contributed by atoms with van der Waals surface area (Å²) in [6, 6.07) is 7.25. The van der Waals surface area contributed by atoms with Gasteiger partial charge in [0.2, 0.25) is 11.7 Å². The van der Waals surface area contributed by atoms with E-state index in [-0.39, 0.29) is 24.5 Å². The maximum Gasteiger partial charge on any atom is 0.237 e. The van der Waals surface area contributed by atoms with Crippen LogP contribution in [0.25, 0.3) is 11.6 Å². The van der Waals surface area contributed by atoms with Crippen molar-refractivity contribution in [3.63, 3.8) is 0 Å². The molecule has 2 aromatic rings. The van der Waals surface area contributed by atoms with Gasteiger partial charge in [0, 0.05) is 30.8 Å². The van der Waals surface area contributed by atoms with E-state index in [0.717, 1.165) is 34.5 Å². The van der Waals surface area contributed by atoms with E-state index < -0.39 is 0 Å². The molecule has 1 amide bonds. The first-order valence-corrected chi connectivity index (χ1v) is 9.26. The van der Waals surface area contributed by atoms with E-state index in [2.05, 4.69) is 17.1 Å². The second-order valence-electron chi connectivity index (χ2n) is 6.86. The molecule has 2 aromatic heterocycles. The molecular weight excluding hydrogens is 354 g/mol. The number of nitrogens with zero attached hydrogens (tertiary/aromatic N) is 3. The van der Waals surface area contributed by atoms with Crippen molar-refractivity contribution in [2.75, 3.05) is 13.1 Å².